The van der Waals surface area contributed by atoms with Crippen LogP contribution in [0.4, 0.5) is 0 Å². The van der Waals surface area contributed by atoms with Crippen molar-refractivity contribution in [3.8, 4) is 0 Å². The minimum Gasteiger partial charge on any atom is -0.396 e. The second-order valence-corrected chi connectivity index (χ2v) is 3.96. The SMILES string of the molecule is OCCC=C1CSCC1=CCCO. The van der Waals surface area contributed by atoms with Gasteiger partial charge >= 0.3 is 0 Å². The van der Waals surface area contributed by atoms with Gasteiger partial charge in [-0.3, -0.25) is 0 Å². The van der Waals surface area contributed by atoms with Crippen LogP contribution in [0, 0.1) is 0 Å². The van der Waals surface area contributed by atoms with Gasteiger partial charge in [-0.1, -0.05) is 12.2 Å². The Kier molecular flexibility index (Phi) is 5.20. The monoisotopic (exact) mass is 200 g/mol. The van der Waals surface area contributed by atoms with Crippen molar-refractivity contribution in [2.75, 3.05) is 24.7 Å². The molecule has 2 nitrogen and oxygen atoms in total. The smallest absolute Gasteiger partial charge is 0.0465 e. The molecule has 0 aliphatic carbocycles. The van der Waals surface area contributed by atoms with E-state index < -0.39 is 0 Å². The largest absolute Gasteiger partial charge is 0.396 e. The molecule has 1 saturated heterocycles. The van der Waals surface area contributed by atoms with Gasteiger partial charge in [-0.05, 0) is 24.0 Å². The average molecular weight is 200 g/mol. The van der Waals surface area contributed by atoms with Crippen molar-refractivity contribution in [3.05, 3.63) is 23.3 Å². The van der Waals surface area contributed by atoms with Crippen LogP contribution in [0.5, 0.6) is 0 Å². The molecule has 0 amide bonds. The highest BCUT2D eigenvalue weighted by Crippen LogP contribution is 2.28. The summed E-state index contributed by atoms with van der Waals surface area (Å²) < 4.78 is 0. The molecule has 0 unspecified atom stereocenters. The molecule has 3 heteroatoms. The summed E-state index contributed by atoms with van der Waals surface area (Å²) in [6.45, 7) is 0.447. The standard InChI is InChI=1S/C10H16O2S/c11-5-1-3-9-7-13-8-10(9)4-2-6-12/h3-4,11-12H,1-2,5-8H2. The summed E-state index contributed by atoms with van der Waals surface area (Å²) in [6.07, 6.45) is 5.69. The molecule has 13 heavy (non-hydrogen) atoms. The number of hydrogen-bond acceptors (Lipinski definition) is 3. The van der Waals surface area contributed by atoms with E-state index >= 15 is 0 Å². The van der Waals surface area contributed by atoms with Crippen LogP contribution in [0.3, 0.4) is 0 Å². The average Bonchev–Trinajstić information content (AvgIpc) is 2.59. The molecule has 0 saturated carbocycles. The van der Waals surface area contributed by atoms with E-state index in [1.807, 2.05) is 11.8 Å². The Bertz CT molecular complexity index is 187. The fourth-order valence-corrected chi connectivity index (χ4v) is 2.46. The minimum atomic E-state index is 0.224. The van der Waals surface area contributed by atoms with Gasteiger partial charge in [-0.15, -0.1) is 0 Å². The van der Waals surface area contributed by atoms with Crippen LogP contribution in [0.15, 0.2) is 23.3 Å². The van der Waals surface area contributed by atoms with Crippen LogP contribution in [0.25, 0.3) is 0 Å². The summed E-state index contributed by atoms with van der Waals surface area (Å²) in [6, 6.07) is 0. The maximum atomic E-state index is 8.68. The Balaban J connectivity index is 2.52. The summed E-state index contributed by atoms with van der Waals surface area (Å²) in [5.41, 5.74) is 2.68. The van der Waals surface area contributed by atoms with E-state index in [2.05, 4.69) is 12.2 Å². The van der Waals surface area contributed by atoms with Gasteiger partial charge in [0, 0.05) is 24.7 Å². The summed E-state index contributed by atoms with van der Waals surface area (Å²) in [5.74, 6) is 2.11. The lowest BCUT2D eigenvalue weighted by molar-refractivity contribution is 0.301. The van der Waals surface area contributed by atoms with E-state index in [9.17, 15) is 0 Å². The number of aliphatic hydroxyl groups is 2. The third-order valence-electron chi connectivity index (χ3n) is 1.97. The van der Waals surface area contributed by atoms with E-state index in [-0.39, 0.29) is 13.2 Å². The van der Waals surface area contributed by atoms with Gasteiger partial charge in [-0.2, -0.15) is 11.8 Å². The molecule has 74 valence electrons. The van der Waals surface area contributed by atoms with Crippen LogP contribution in [0.1, 0.15) is 12.8 Å². The molecule has 1 rings (SSSR count). The normalized spacial score (nSPS) is 23.2. The minimum absolute atomic E-state index is 0.224. The summed E-state index contributed by atoms with van der Waals surface area (Å²) in [7, 11) is 0. The van der Waals surface area contributed by atoms with Gasteiger partial charge in [0.1, 0.15) is 0 Å². The van der Waals surface area contributed by atoms with Gasteiger partial charge in [0.05, 0.1) is 0 Å². The molecule has 1 aliphatic heterocycles. The molecule has 0 spiro atoms. The Morgan fingerprint density at radius 3 is 1.85 bits per heavy atom. The van der Waals surface area contributed by atoms with Gasteiger partial charge in [-0.25, -0.2) is 0 Å². The molecule has 0 aromatic carbocycles. The van der Waals surface area contributed by atoms with Crippen LogP contribution in [-0.2, 0) is 0 Å². The molecule has 1 aliphatic rings. The predicted octanol–water partition coefficient (Wildman–Crippen LogP) is 1.35. The summed E-state index contributed by atoms with van der Waals surface area (Å²) in [5, 5.41) is 17.4. The second-order valence-electron chi connectivity index (χ2n) is 2.98. The van der Waals surface area contributed by atoms with E-state index in [0.29, 0.717) is 0 Å². The van der Waals surface area contributed by atoms with Crippen molar-refractivity contribution in [1.29, 1.82) is 0 Å². The first kappa shape index (κ1) is 10.8. The number of hydrogen-bond donors (Lipinski definition) is 2. The first-order valence-electron chi connectivity index (χ1n) is 4.56. The lowest BCUT2D eigenvalue weighted by atomic mass is 10.1. The van der Waals surface area contributed by atoms with Crippen molar-refractivity contribution >= 4 is 11.8 Å². The van der Waals surface area contributed by atoms with Gasteiger partial charge < -0.3 is 10.2 Å². The molecule has 1 heterocycles. The van der Waals surface area contributed by atoms with E-state index in [0.717, 1.165) is 24.3 Å². The quantitative estimate of drug-likeness (QED) is 0.719. The summed E-state index contributed by atoms with van der Waals surface area (Å²) in [4.78, 5) is 0. The highest BCUT2D eigenvalue weighted by Gasteiger charge is 2.12. The van der Waals surface area contributed by atoms with Crippen LogP contribution < -0.4 is 0 Å². The highest BCUT2D eigenvalue weighted by molar-refractivity contribution is 8.00. The van der Waals surface area contributed by atoms with E-state index in [1.165, 1.54) is 11.1 Å². The molecule has 0 radical (unpaired) electrons. The molecule has 0 aromatic heterocycles. The van der Waals surface area contributed by atoms with E-state index in [1.54, 1.807) is 0 Å². The first-order valence-corrected chi connectivity index (χ1v) is 5.72. The Hall–Kier alpha value is -0.250. The fourth-order valence-electron chi connectivity index (χ4n) is 1.31. The predicted molar refractivity (Wildman–Crippen MR) is 56.9 cm³/mol. The highest BCUT2D eigenvalue weighted by atomic mass is 32.2. The number of rotatable bonds is 4. The van der Waals surface area contributed by atoms with Gasteiger partial charge in [0.15, 0.2) is 0 Å². The maximum Gasteiger partial charge on any atom is 0.0465 e. The molecule has 0 bridgehead atoms. The molecule has 1 fully saturated rings. The van der Waals surface area contributed by atoms with Crippen LogP contribution in [-0.4, -0.2) is 34.9 Å². The zero-order valence-corrected chi connectivity index (χ0v) is 8.52. The Morgan fingerprint density at radius 2 is 1.46 bits per heavy atom. The lowest BCUT2D eigenvalue weighted by Gasteiger charge is -1.98. The fraction of sp³-hybridized carbons (Fsp3) is 0.600. The molecule has 2 N–H and O–H groups in total. The van der Waals surface area contributed by atoms with Crippen LogP contribution >= 0.6 is 11.8 Å². The maximum absolute atomic E-state index is 8.68. The number of aliphatic hydroxyl groups excluding tert-OH is 2. The molecule has 0 aromatic rings. The van der Waals surface area contributed by atoms with Crippen LogP contribution in [0.2, 0.25) is 0 Å². The van der Waals surface area contributed by atoms with Gasteiger partial charge in [0.2, 0.25) is 0 Å². The topological polar surface area (TPSA) is 40.5 Å². The van der Waals surface area contributed by atoms with Crippen molar-refractivity contribution in [2.45, 2.75) is 12.8 Å². The van der Waals surface area contributed by atoms with E-state index in [4.69, 9.17) is 10.2 Å². The number of thioether (sulfide) groups is 1. The molecular formula is C10H16O2S. The van der Waals surface area contributed by atoms with Crippen molar-refractivity contribution in [3.63, 3.8) is 0 Å². The van der Waals surface area contributed by atoms with Crippen molar-refractivity contribution in [2.24, 2.45) is 0 Å². The zero-order valence-electron chi connectivity index (χ0n) is 7.70. The Labute approximate surface area is 83.4 Å². The summed E-state index contributed by atoms with van der Waals surface area (Å²) >= 11 is 1.89. The van der Waals surface area contributed by atoms with Gasteiger partial charge in [0.25, 0.3) is 0 Å². The molecule has 0 atom stereocenters. The third-order valence-corrected chi connectivity index (χ3v) is 3.00. The van der Waals surface area contributed by atoms with Crippen molar-refractivity contribution < 1.29 is 10.2 Å². The first-order chi connectivity index (χ1) is 6.38. The van der Waals surface area contributed by atoms with Crippen molar-refractivity contribution in [1.82, 2.24) is 0 Å². The third kappa shape index (κ3) is 3.55. The lowest BCUT2D eigenvalue weighted by Crippen LogP contribution is -1.89. The zero-order chi connectivity index (χ0) is 9.52. The Morgan fingerprint density at radius 1 is 1.00 bits per heavy atom. The second kappa shape index (κ2) is 6.24. The molecular weight excluding hydrogens is 184 g/mol.